The Morgan fingerprint density at radius 3 is 2.72 bits per heavy atom. The largest absolute Gasteiger partial charge is 0.397 e. The summed E-state index contributed by atoms with van der Waals surface area (Å²) in [4.78, 5) is 0. The molecule has 5 heteroatoms. The Morgan fingerprint density at radius 1 is 1.44 bits per heavy atom. The highest BCUT2D eigenvalue weighted by Crippen LogP contribution is 2.28. The first-order valence-electron chi connectivity index (χ1n) is 5.83. The molecule has 0 fully saturated rings. The molecule has 0 aliphatic rings. The van der Waals surface area contributed by atoms with E-state index >= 15 is 0 Å². The van der Waals surface area contributed by atoms with Crippen LogP contribution < -0.4 is 11.1 Å². The van der Waals surface area contributed by atoms with Crippen LogP contribution in [0.3, 0.4) is 0 Å². The molecular weight excluding hydrogens is 255 g/mol. The fraction of sp³-hybridized carbons (Fsp3) is 0.538. The average Bonchev–Trinajstić information content (AvgIpc) is 2.30. The highest BCUT2D eigenvalue weighted by molar-refractivity contribution is 6.31. The van der Waals surface area contributed by atoms with Crippen molar-refractivity contribution in [2.75, 3.05) is 31.3 Å². The van der Waals surface area contributed by atoms with Gasteiger partial charge in [0.05, 0.1) is 16.4 Å². The molecule has 0 unspecified atom stereocenters. The first kappa shape index (κ1) is 15.1. The fourth-order valence-corrected chi connectivity index (χ4v) is 1.68. The van der Waals surface area contributed by atoms with Gasteiger partial charge in [-0.15, -0.1) is 0 Å². The predicted octanol–water partition coefficient (Wildman–Crippen LogP) is 3.54. The third-order valence-electron chi connectivity index (χ3n) is 2.83. The van der Waals surface area contributed by atoms with Gasteiger partial charge in [-0.3, -0.25) is 0 Å². The van der Waals surface area contributed by atoms with Crippen molar-refractivity contribution in [1.29, 1.82) is 0 Å². The molecule has 18 heavy (non-hydrogen) atoms. The summed E-state index contributed by atoms with van der Waals surface area (Å²) in [6.45, 7) is 5.66. The number of halogens is 2. The van der Waals surface area contributed by atoms with Crippen LogP contribution in [-0.4, -0.2) is 20.3 Å². The lowest BCUT2D eigenvalue weighted by atomic mass is 9.89. The Morgan fingerprint density at radius 2 is 2.11 bits per heavy atom. The average molecular weight is 275 g/mol. The molecular formula is C13H20ClFN2O. The van der Waals surface area contributed by atoms with Crippen molar-refractivity contribution in [3.05, 3.63) is 23.0 Å². The summed E-state index contributed by atoms with van der Waals surface area (Å²) < 4.78 is 18.2. The van der Waals surface area contributed by atoms with Crippen LogP contribution in [0.5, 0.6) is 0 Å². The van der Waals surface area contributed by atoms with Gasteiger partial charge in [0.1, 0.15) is 5.82 Å². The SMILES string of the molecule is COCCC(C)(C)CNc1cc(Cl)c(F)cc1N. The van der Waals surface area contributed by atoms with E-state index in [1.54, 1.807) is 7.11 Å². The molecule has 0 heterocycles. The van der Waals surface area contributed by atoms with E-state index in [9.17, 15) is 4.39 Å². The van der Waals surface area contributed by atoms with Gasteiger partial charge in [-0.2, -0.15) is 0 Å². The van der Waals surface area contributed by atoms with Gasteiger partial charge in [0.2, 0.25) is 0 Å². The maximum Gasteiger partial charge on any atom is 0.143 e. The minimum atomic E-state index is -0.502. The molecule has 1 aromatic carbocycles. The first-order chi connectivity index (χ1) is 8.35. The van der Waals surface area contributed by atoms with E-state index < -0.39 is 5.82 Å². The Balaban J connectivity index is 2.66. The molecule has 0 aromatic heterocycles. The van der Waals surface area contributed by atoms with E-state index in [0.717, 1.165) is 6.42 Å². The van der Waals surface area contributed by atoms with E-state index in [-0.39, 0.29) is 10.4 Å². The predicted molar refractivity (Wildman–Crippen MR) is 74.6 cm³/mol. The van der Waals surface area contributed by atoms with Crippen LogP contribution >= 0.6 is 11.6 Å². The van der Waals surface area contributed by atoms with Gasteiger partial charge in [0.15, 0.2) is 0 Å². The number of hydrogen-bond donors (Lipinski definition) is 2. The molecule has 3 N–H and O–H groups in total. The third-order valence-corrected chi connectivity index (χ3v) is 3.12. The second-order valence-electron chi connectivity index (χ2n) is 5.11. The fourth-order valence-electron chi connectivity index (χ4n) is 1.52. The molecule has 0 aliphatic heterocycles. The summed E-state index contributed by atoms with van der Waals surface area (Å²) in [5.74, 6) is -0.502. The number of benzene rings is 1. The number of nitrogens with two attached hydrogens (primary N) is 1. The van der Waals surface area contributed by atoms with Gasteiger partial charge < -0.3 is 15.8 Å². The normalized spacial score (nSPS) is 11.6. The van der Waals surface area contributed by atoms with Gasteiger partial charge in [0, 0.05) is 26.3 Å². The summed E-state index contributed by atoms with van der Waals surface area (Å²) in [6, 6.07) is 2.74. The highest BCUT2D eigenvalue weighted by Gasteiger charge is 2.18. The number of hydrogen-bond acceptors (Lipinski definition) is 3. The van der Waals surface area contributed by atoms with Crippen molar-refractivity contribution >= 4 is 23.0 Å². The number of nitrogen functional groups attached to an aromatic ring is 1. The zero-order valence-electron chi connectivity index (χ0n) is 11.0. The Labute approximate surface area is 112 Å². The van der Waals surface area contributed by atoms with E-state index in [1.807, 2.05) is 0 Å². The quantitative estimate of drug-likeness (QED) is 0.780. The van der Waals surface area contributed by atoms with Crippen molar-refractivity contribution in [2.45, 2.75) is 20.3 Å². The van der Waals surface area contributed by atoms with Crippen LogP contribution in [0.4, 0.5) is 15.8 Å². The molecule has 1 aromatic rings. The maximum atomic E-state index is 13.1. The first-order valence-corrected chi connectivity index (χ1v) is 6.21. The van der Waals surface area contributed by atoms with E-state index in [4.69, 9.17) is 22.1 Å². The topological polar surface area (TPSA) is 47.3 Å². The summed E-state index contributed by atoms with van der Waals surface area (Å²) >= 11 is 5.73. The molecule has 0 radical (unpaired) electrons. The monoisotopic (exact) mass is 274 g/mol. The van der Waals surface area contributed by atoms with Crippen LogP contribution in [0.15, 0.2) is 12.1 Å². The number of methoxy groups -OCH3 is 1. The van der Waals surface area contributed by atoms with Gasteiger partial charge in [-0.25, -0.2) is 4.39 Å². The summed E-state index contributed by atoms with van der Waals surface area (Å²) in [5, 5.41) is 3.27. The van der Waals surface area contributed by atoms with Crippen LogP contribution in [0.2, 0.25) is 5.02 Å². The van der Waals surface area contributed by atoms with Crippen LogP contribution in [0, 0.1) is 11.2 Å². The van der Waals surface area contributed by atoms with Crippen molar-refractivity contribution in [3.63, 3.8) is 0 Å². The molecule has 102 valence electrons. The second kappa shape index (κ2) is 6.25. The summed E-state index contributed by atoms with van der Waals surface area (Å²) in [6.07, 6.45) is 0.922. The van der Waals surface area contributed by atoms with Crippen LogP contribution in [0.1, 0.15) is 20.3 Å². The molecule has 0 atom stereocenters. The summed E-state index contributed by atoms with van der Waals surface area (Å²) in [7, 11) is 1.68. The van der Waals surface area contributed by atoms with Gasteiger partial charge in [0.25, 0.3) is 0 Å². The second-order valence-corrected chi connectivity index (χ2v) is 5.52. The lowest BCUT2D eigenvalue weighted by molar-refractivity contribution is 0.157. The van der Waals surface area contributed by atoms with E-state index in [2.05, 4.69) is 19.2 Å². The number of nitrogens with one attached hydrogen (secondary N) is 1. The Kier molecular flexibility index (Phi) is 5.23. The van der Waals surface area contributed by atoms with Crippen molar-refractivity contribution in [1.82, 2.24) is 0 Å². The molecule has 0 saturated heterocycles. The van der Waals surface area contributed by atoms with Crippen molar-refractivity contribution in [3.8, 4) is 0 Å². The van der Waals surface area contributed by atoms with Gasteiger partial charge in [-0.05, 0) is 17.9 Å². The molecule has 1 rings (SSSR count). The third kappa shape index (κ3) is 4.35. The van der Waals surface area contributed by atoms with E-state index in [0.29, 0.717) is 24.5 Å². The highest BCUT2D eigenvalue weighted by atomic mass is 35.5. The van der Waals surface area contributed by atoms with Crippen LogP contribution in [-0.2, 0) is 4.74 Å². The Hall–Kier alpha value is -1.00. The Bertz CT molecular complexity index is 410. The minimum absolute atomic E-state index is 0.0588. The van der Waals surface area contributed by atoms with Crippen molar-refractivity contribution < 1.29 is 9.13 Å². The lowest BCUT2D eigenvalue weighted by Gasteiger charge is -2.25. The number of anilines is 2. The van der Waals surface area contributed by atoms with E-state index in [1.165, 1.54) is 12.1 Å². The minimum Gasteiger partial charge on any atom is -0.397 e. The molecule has 0 spiro atoms. The molecule has 3 nitrogen and oxygen atoms in total. The maximum absolute atomic E-state index is 13.1. The molecule has 0 aliphatic carbocycles. The van der Waals surface area contributed by atoms with Crippen molar-refractivity contribution in [2.24, 2.45) is 5.41 Å². The smallest absolute Gasteiger partial charge is 0.143 e. The zero-order valence-corrected chi connectivity index (χ0v) is 11.8. The zero-order chi connectivity index (χ0) is 13.8. The molecule has 0 saturated carbocycles. The standard InChI is InChI=1S/C13H20ClFN2O/c1-13(2,4-5-18-3)8-17-12-6-9(14)10(15)7-11(12)16/h6-7,17H,4-5,8,16H2,1-3H3. The molecule has 0 bridgehead atoms. The van der Waals surface area contributed by atoms with Gasteiger partial charge >= 0.3 is 0 Å². The summed E-state index contributed by atoms with van der Waals surface area (Å²) in [5.41, 5.74) is 6.81. The van der Waals surface area contributed by atoms with Crippen LogP contribution in [0.25, 0.3) is 0 Å². The van der Waals surface area contributed by atoms with Gasteiger partial charge in [-0.1, -0.05) is 25.4 Å². The lowest BCUT2D eigenvalue weighted by Crippen LogP contribution is -2.25. The number of ether oxygens (including phenoxy) is 1. The molecule has 0 amide bonds. The number of rotatable bonds is 6.